The summed E-state index contributed by atoms with van der Waals surface area (Å²) in [4.78, 5) is 4.19. The van der Waals surface area contributed by atoms with Crippen LogP contribution in [0.15, 0.2) is 29.8 Å². The Hall–Kier alpha value is -1.46. The van der Waals surface area contributed by atoms with Crippen LogP contribution in [0.3, 0.4) is 0 Å². The predicted octanol–water partition coefficient (Wildman–Crippen LogP) is 2.84. The van der Waals surface area contributed by atoms with E-state index in [9.17, 15) is 9.50 Å². The number of halogens is 1. The van der Waals surface area contributed by atoms with E-state index in [-0.39, 0.29) is 11.8 Å². The molecule has 0 spiro atoms. The van der Waals surface area contributed by atoms with Crippen molar-refractivity contribution in [2.45, 2.75) is 19.5 Å². The van der Waals surface area contributed by atoms with E-state index in [4.69, 9.17) is 0 Å². The number of aromatic hydroxyl groups is 1. The van der Waals surface area contributed by atoms with Gasteiger partial charge in [0.25, 0.3) is 0 Å². The second-order valence-corrected chi connectivity index (χ2v) is 4.65. The number of nitrogens with zero attached hydrogens (tertiary/aromatic N) is 1. The molecule has 0 aliphatic heterocycles. The first-order valence-corrected chi connectivity index (χ1v) is 6.15. The third-order valence-corrected chi connectivity index (χ3v) is 3.45. The number of hydrogen-bond acceptors (Lipinski definition) is 4. The van der Waals surface area contributed by atoms with E-state index in [0.717, 1.165) is 5.01 Å². The summed E-state index contributed by atoms with van der Waals surface area (Å²) in [6.07, 6.45) is 1.75. The fourth-order valence-electron chi connectivity index (χ4n) is 1.50. The van der Waals surface area contributed by atoms with Gasteiger partial charge in [-0.05, 0) is 13.0 Å². The number of hydrogen-bond donors (Lipinski definition) is 2. The van der Waals surface area contributed by atoms with Gasteiger partial charge in [-0.2, -0.15) is 0 Å². The van der Waals surface area contributed by atoms with Crippen LogP contribution >= 0.6 is 11.3 Å². The van der Waals surface area contributed by atoms with Crippen LogP contribution in [0.4, 0.5) is 4.39 Å². The monoisotopic (exact) mass is 252 g/mol. The second-order valence-electron chi connectivity index (χ2n) is 3.72. The fourth-order valence-corrected chi connectivity index (χ4v) is 2.17. The molecular weight excluding hydrogens is 239 g/mol. The molecule has 0 saturated heterocycles. The summed E-state index contributed by atoms with van der Waals surface area (Å²) in [5, 5.41) is 15.6. The second kappa shape index (κ2) is 5.25. The highest BCUT2D eigenvalue weighted by molar-refractivity contribution is 7.09. The molecule has 0 amide bonds. The maximum Gasteiger partial charge on any atom is 0.165 e. The van der Waals surface area contributed by atoms with Crippen molar-refractivity contribution in [2.75, 3.05) is 0 Å². The van der Waals surface area contributed by atoms with Crippen molar-refractivity contribution in [3.05, 3.63) is 46.2 Å². The molecule has 0 aliphatic carbocycles. The van der Waals surface area contributed by atoms with E-state index < -0.39 is 5.82 Å². The Labute approximate surface area is 103 Å². The lowest BCUT2D eigenvalue weighted by molar-refractivity contribution is 0.420. The zero-order valence-electron chi connectivity index (χ0n) is 9.35. The average Bonchev–Trinajstić information content (AvgIpc) is 2.84. The highest BCUT2D eigenvalue weighted by Crippen LogP contribution is 2.22. The molecule has 5 heteroatoms. The van der Waals surface area contributed by atoms with Gasteiger partial charge in [0.1, 0.15) is 5.01 Å². The Morgan fingerprint density at radius 1 is 1.53 bits per heavy atom. The molecule has 1 heterocycles. The van der Waals surface area contributed by atoms with E-state index in [0.29, 0.717) is 12.1 Å². The van der Waals surface area contributed by atoms with Crippen molar-refractivity contribution >= 4 is 11.3 Å². The number of phenols is 1. The van der Waals surface area contributed by atoms with Crippen LogP contribution in [-0.2, 0) is 6.54 Å². The molecule has 2 N–H and O–H groups in total. The molecule has 0 bridgehead atoms. The summed E-state index contributed by atoms with van der Waals surface area (Å²) < 4.78 is 13.1. The van der Waals surface area contributed by atoms with Crippen LogP contribution in [-0.4, -0.2) is 10.1 Å². The van der Waals surface area contributed by atoms with Crippen molar-refractivity contribution in [2.24, 2.45) is 0 Å². The SMILES string of the molecule is CC(NCc1cccc(F)c1O)c1nccs1. The van der Waals surface area contributed by atoms with E-state index in [1.165, 1.54) is 6.07 Å². The standard InChI is InChI=1S/C12H13FN2OS/c1-8(12-14-5-6-17-12)15-7-9-3-2-4-10(13)11(9)16/h2-6,8,15-16H,7H2,1H3. The van der Waals surface area contributed by atoms with Gasteiger partial charge in [-0.1, -0.05) is 12.1 Å². The van der Waals surface area contributed by atoms with Gasteiger partial charge in [-0.15, -0.1) is 11.3 Å². The molecule has 1 atom stereocenters. The number of para-hydroxylation sites is 1. The van der Waals surface area contributed by atoms with Gasteiger partial charge >= 0.3 is 0 Å². The van der Waals surface area contributed by atoms with E-state index in [2.05, 4.69) is 10.3 Å². The zero-order chi connectivity index (χ0) is 12.3. The summed E-state index contributed by atoms with van der Waals surface area (Å²) in [6, 6.07) is 4.60. The molecule has 2 rings (SSSR count). The maximum absolute atomic E-state index is 13.1. The zero-order valence-corrected chi connectivity index (χ0v) is 10.2. The first kappa shape index (κ1) is 12.0. The molecule has 1 unspecified atom stereocenters. The molecule has 0 saturated carbocycles. The number of phenolic OH excluding ortho intramolecular Hbond substituents is 1. The molecule has 0 fully saturated rings. The minimum atomic E-state index is -0.591. The molecule has 2 aromatic rings. The summed E-state index contributed by atoms with van der Waals surface area (Å²) in [5.41, 5.74) is 0.549. The van der Waals surface area contributed by atoms with Crippen LogP contribution in [0.2, 0.25) is 0 Å². The van der Waals surface area contributed by atoms with E-state index >= 15 is 0 Å². The first-order chi connectivity index (χ1) is 8.18. The Bertz CT molecular complexity index is 487. The van der Waals surface area contributed by atoms with Crippen LogP contribution in [0.25, 0.3) is 0 Å². The molecule has 0 radical (unpaired) electrons. The van der Waals surface area contributed by atoms with Crippen LogP contribution in [0.5, 0.6) is 5.75 Å². The van der Waals surface area contributed by atoms with Gasteiger partial charge in [0.2, 0.25) is 0 Å². The van der Waals surface area contributed by atoms with Gasteiger partial charge in [0.15, 0.2) is 11.6 Å². The van der Waals surface area contributed by atoms with Gasteiger partial charge in [0.05, 0.1) is 6.04 Å². The smallest absolute Gasteiger partial charge is 0.165 e. The Morgan fingerprint density at radius 3 is 3.06 bits per heavy atom. The summed E-state index contributed by atoms with van der Waals surface area (Å²) >= 11 is 1.56. The van der Waals surface area contributed by atoms with E-state index in [1.54, 1.807) is 29.7 Å². The molecule has 90 valence electrons. The van der Waals surface area contributed by atoms with Crippen molar-refractivity contribution in [1.82, 2.24) is 10.3 Å². The third-order valence-electron chi connectivity index (χ3n) is 2.49. The Balaban J connectivity index is 2.00. The maximum atomic E-state index is 13.1. The molecule has 1 aromatic carbocycles. The van der Waals surface area contributed by atoms with Crippen LogP contribution < -0.4 is 5.32 Å². The quantitative estimate of drug-likeness (QED) is 0.879. The summed E-state index contributed by atoms with van der Waals surface area (Å²) in [6.45, 7) is 2.39. The lowest BCUT2D eigenvalue weighted by atomic mass is 10.2. The predicted molar refractivity (Wildman–Crippen MR) is 65.4 cm³/mol. The van der Waals surface area contributed by atoms with Crippen molar-refractivity contribution in [3.8, 4) is 5.75 Å². The lowest BCUT2D eigenvalue weighted by Gasteiger charge is -2.12. The molecular formula is C12H13FN2OS. The summed E-state index contributed by atoms with van der Waals surface area (Å²) in [7, 11) is 0. The minimum absolute atomic E-state index is 0.0812. The molecule has 17 heavy (non-hydrogen) atoms. The van der Waals surface area contributed by atoms with E-state index in [1.807, 2.05) is 12.3 Å². The molecule has 3 nitrogen and oxygen atoms in total. The van der Waals surface area contributed by atoms with Crippen LogP contribution in [0, 0.1) is 5.82 Å². The summed E-state index contributed by atoms with van der Waals surface area (Å²) in [5.74, 6) is -0.877. The number of rotatable bonds is 4. The van der Waals surface area contributed by atoms with Crippen molar-refractivity contribution in [3.63, 3.8) is 0 Å². The van der Waals surface area contributed by atoms with Crippen molar-refractivity contribution < 1.29 is 9.50 Å². The molecule has 1 aromatic heterocycles. The number of nitrogens with one attached hydrogen (secondary N) is 1. The average molecular weight is 252 g/mol. The largest absolute Gasteiger partial charge is 0.505 e. The van der Waals surface area contributed by atoms with Gasteiger partial charge in [-0.3, -0.25) is 0 Å². The highest BCUT2D eigenvalue weighted by atomic mass is 32.1. The Kier molecular flexibility index (Phi) is 3.71. The fraction of sp³-hybridized carbons (Fsp3) is 0.250. The first-order valence-electron chi connectivity index (χ1n) is 5.27. The minimum Gasteiger partial charge on any atom is -0.505 e. The van der Waals surface area contributed by atoms with Gasteiger partial charge < -0.3 is 10.4 Å². The van der Waals surface area contributed by atoms with Gasteiger partial charge in [-0.25, -0.2) is 9.37 Å². The lowest BCUT2D eigenvalue weighted by Crippen LogP contribution is -2.18. The third kappa shape index (κ3) is 2.81. The molecule has 0 aliphatic rings. The number of benzene rings is 1. The Morgan fingerprint density at radius 2 is 2.35 bits per heavy atom. The number of aromatic nitrogens is 1. The highest BCUT2D eigenvalue weighted by Gasteiger charge is 2.10. The normalized spacial score (nSPS) is 12.6. The number of thiazole rings is 1. The van der Waals surface area contributed by atoms with Crippen molar-refractivity contribution in [1.29, 1.82) is 0 Å². The van der Waals surface area contributed by atoms with Crippen LogP contribution in [0.1, 0.15) is 23.5 Å². The topological polar surface area (TPSA) is 45.1 Å². The van der Waals surface area contributed by atoms with Gasteiger partial charge in [0, 0.05) is 23.7 Å².